The Hall–Kier alpha value is -3.17. The van der Waals surface area contributed by atoms with Gasteiger partial charge in [0.1, 0.15) is 12.4 Å². The predicted octanol–water partition coefficient (Wildman–Crippen LogP) is 5.95. The second kappa shape index (κ2) is 16.5. The van der Waals surface area contributed by atoms with Crippen LogP contribution < -0.4 is 10.3 Å². The van der Waals surface area contributed by atoms with E-state index in [4.69, 9.17) is 14.5 Å². The van der Waals surface area contributed by atoms with E-state index in [2.05, 4.69) is 18.5 Å². The molecule has 52 heavy (non-hydrogen) atoms. The summed E-state index contributed by atoms with van der Waals surface area (Å²) in [7, 11) is 5.26. The van der Waals surface area contributed by atoms with Crippen molar-refractivity contribution in [1.29, 1.82) is 0 Å². The molecule has 1 aromatic carbocycles. The second-order valence-corrected chi connectivity index (χ2v) is 18.3. The minimum absolute atomic E-state index is 0.0525. The topological polar surface area (TPSA) is 145 Å². The van der Waals surface area contributed by atoms with Crippen LogP contribution in [0.15, 0.2) is 29.1 Å². The predicted molar refractivity (Wildman–Crippen MR) is 207 cm³/mol. The summed E-state index contributed by atoms with van der Waals surface area (Å²) in [4.78, 5) is 69.9. The highest BCUT2D eigenvalue weighted by molar-refractivity contribution is 8.08. The Morgan fingerprint density at radius 1 is 1.04 bits per heavy atom. The Balaban J connectivity index is 0.978. The summed E-state index contributed by atoms with van der Waals surface area (Å²) < 4.78 is 12.7. The number of benzene rings is 1. The molecular formula is C38H47N3O8P2S. The summed E-state index contributed by atoms with van der Waals surface area (Å²) in [5, 5.41) is 11.8. The van der Waals surface area contributed by atoms with E-state index >= 15 is 0 Å². The fourth-order valence-corrected chi connectivity index (χ4v) is 9.57. The van der Waals surface area contributed by atoms with Gasteiger partial charge in [0.05, 0.1) is 34.3 Å². The lowest BCUT2D eigenvalue weighted by atomic mass is 9.86. The molecule has 278 valence electrons. The third-order valence-corrected chi connectivity index (χ3v) is 12.4. The van der Waals surface area contributed by atoms with Gasteiger partial charge in [0, 0.05) is 40.6 Å². The quantitative estimate of drug-likeness (QED) is 0.0477. The number of aryl methyl sites for hydroxylation is 1. The van der Waals surface area contributed by atoms with Gasteiger partial charge in [-0.2, -0.15) is 0 Å². The summed E-state index contributed by atoms with van der Waals surface area (Å²) in [6.45, 7) is 4.35. The summed E-state index contributed by atoms with van der Waals surface area (Å²) in [5.41, 5.74) is 2.20. The number of amides is 2. The van der Waals surface area contributed by atoms with Gasteiger partial charge in [-0.05, 0) is 55.5 Å². The SMILES string of the molecule is CCc1c2c(nc3ccc(OC(=O)CCCCCCCCCCN4C(=O)CC(SC(P)P)C4=O)cc13)-c1cc3c(c(=O)n1C2)COC(=O)[C@]3(O)CC. The van der Waals surface area contributed by atoms with Gasteiger partial charge in [-0.25, -0.2) is 9.78 Å². The number of likely N-dealkylation sites (tertiary alicyclic amines) is 1. The first-order valence-electron chi connectivity index (χ1n) is 18.3. The molecule has 14 heteroatoms. The monoisotopic (exact) mass is 767 g/mol. The van der Waals surface area contributed by atoms with Gasteiger partial charge in [0.2, 0.25) is 11.8 Å². The van der Waals surface area contributed by atoms with E-state index in [0.29, 0.717) is 55.0 Å². The first kappa shape index (κ1) is 38.6. The Morgan fingerprint density at radius 3 is 2.44 bits per heavy atom. The highest BCUT2D eigenvalue weighted by Gasteiger charge is 2.45. The van der Waals surface area contributed by atoms with Crippen LogP contribution in [0.4, 0.5) is 0 Å². The average Bonchev–Trinajstić information content (AvgIpc) is 3.61. The molecule has 0 spiro atoms. The number of carbonyl (C=O) groups excluding carboxylic acids is 4. The number of hydrogen-bond acceptors (Lipinski definition) is 10. The summed E-state index contributed by atoms with van der Waals surface area (Å²) >= 11 is 1.50. The Kier molecular flexibility index (Phi) is 12.2. The normalized spacial score (nSPS) is 19.3. The Morgan fingerprint density at radius 2 is 1.75 bits per heavy atom. The number of imide groups is 1. The van der Waals surface area contributed by atoms with Crippen molar-refractivity contribution in [3.63, 3.8) is 0 Å². The van der Waals surface area contributed by atoms with Crippen molar-refractivity contribution in [3.05, 3.63) is 56.9 Å². The first-order chi connectivity index (χ1) is 25.0. The first-order valence-corrected chi connectivity index (χ1v) is 20.6. The van der Waals surface area contributed by atoms with Crippen LogP contribution >= 0.6 is 30.2 Å². The Bertz CT molecular complexity index is 1970. The highest BCUT2D eigenvalue weighted by atomic mass is 32.2. The van der Waals surface area contributed by atoms with E-state index in [9.17, 15) is 29.1 Å². The maximum absolute atomic E-state index is 13.6. The number of cyclic esters (lactones) is 1. The van der Waals surface area contributed by atoms with Gasteiger partial charge >= 0.3 is 11.9 Å². The largest absolute Gasteiger partial charge is 0.458 e. The number of nitrogens with zero attached hydrogens (tertiary/aromatic N) is 3. The van der Waals surface area contributed by atoms with E-state index in [1.807, 2.05) is 19.1 Å². The third kappa shape index (κ3) is 7.73. The summed E-state index contributed by atoms with van der Waals surface area (Å²) in [6, 6.07) is 7.11. The second-order valence-electron chi connectivity index (χ2n) is 13.8. The number of rotatable bonds is 16. The molecule has 3 unspecified atom stereocenters. The van der Waals surface area contributed by atoms with Gasteiger partial charge in [0.25, 0.3) is 5.56 Å². The molecular weight excluding hydrogens is 720 g/mol. The molecule has 0 saturated carbocycles. The maximum Gasteiger partial charge on any atom is 0.343 e. The number of carbonyl (C=O) groups is 4. The number of hydrogen-bond donors (Lipinski definition) is 1. The van der Waals surface area contributed by atoms with Crippen molar-refractivity contribution in [2.24, 2.45) is 0 Å². The van der Waals surface area contributed by atoms with Crippen LogP contribution in [0.5, 0.6) is 5.75 Å². The number of thioether (sulfide) groups is 1. The number of fused-ring (bicyclic) bond motifs is 5. The molecule has 2 aromatic heterocycles. The van der Waals surface area contributed by atoms with Crippen LogP contribution in [-0.4, -0.2) is 59.8 Å². The van der Waals surface area contributed by atoms with Gasteiger partial charge in [-0.3, -0.25) is 24.1 Å². The number of aliphatic hydroxyl groups is 1. The molecule has 0 radical (unpaired) electrons. The van der Waals surface area contributed by atoms with Crippen molar-refractivity contribution in [2.45, 2.75) is 120 Å². The number of esters is 2. The molecule has 1 N–H and O–H groups in total. The fourth-order valence-electron chi connectivity index (χ4n) is 7.57. The minimum Gasteiger partial charge on any atom is -0.458 e. The lowest BCUT2D eigenvalue weighted by Gasteiger charge is -2.31. The molecule has 0 bridgehead atoms. The smallest absolute Gasteiger partial charge is 0.343 e. The average molecular weight is 768 g/mol. The van der Waals surface area contributed by atoms with Crippen molar-refractivity contribution >= 4 is 64.9 Å². The van der Waals surface area contributed by atoms with Crippen molar-refractivity contribution in [2.75, 3.05) is 6.54 Å². The van der Waals surface area contributed by atoms with Gasteiger partial charge in [-0.15, -0.1) is 30.2 Å². The molecule has 6 rings (SSSR count). The van der Waals surface area contributed by atoms with E-state index in [1.165, 1.54) is 16.7 Å². The van der Waals surface area contributed by atoms with Crippen molar-refractivity contribution in [3.8, 4) is 17.1 Å². The molecule has 1 fully saturated rings. The van der Waals surface area contributed by atoms with Crippen LogP contribution in [-0.2, 0) is 49.1 Å². The number of unbranched alkanes of at least 4 members (excludes halogenated alkanes) is 7. The number of pyridine rings is 2. The van der Waals surface area contributed by atoms with Gasteiger partial charge in [0.15, 0.2) is 5.60 Å². The van der Waals surface area contributed by atoms with Crippen LogP contribution in [0.3, 0.4) is 0 Å². The van der Waals surface area contributed by atoms with Crippen LogP contribution in [0.25, 0.3) is 22.3 Å². The van der Waals surface area contributed by atoms with E-state index in [1.54, 1.807) is 23.6 Å². The van der Waals surface area contributed by atoms with E-state index in [-0.39, 0.29) is 57.5 Å². The third-order valence-electron chi connectivity index (χ3n) is 10.4. The van der Waals surface area contributed by atoms with Crippen LogP contribution in [0.2, 0.25) is 0 Å². The van der Waals surface area contributed by atoms with E-state index < -0.39 is 11.6 Å². The molecule has 4 atom stereocenters. The fraction of sp³-hybridized carbons (Fsp3) is 0.526. The standard InChI is InChI=1S/C38H47N3O8P2S/c1-3-23-24-17-22(49-32(43)13-11-9-7-5-6-8-10-12-16-40-31(42)19-30(35(40)45)52-37(50)51)14-15-28(24)39-33-25(23)20-41-29(33)18-27-26(34(41)44)21-48-36(46)38(27,47)4-2/h14-15,17-18,30,37,47H,3-13,16,19-21,50-51H2,1-2H3/t30?,38-/m0/s1. The zero-order chi connectivity index (χ0) is 37.2. The van der Waals surface area contributed by atoms with Gasteiger partial charge in [-0.1, -0.05) is 52.4 Å². The van der Waals surface area contributed by atoms with Crippen molar-refractivity contribution < 1.29 is 33.8 Å². The molecule has 3 aromatic rings. The molecule has 3 aliphatic heterocycles. The molecule has 3 aliphatic rings. The molecule has 1 saturated heterocycles. The molecule has 11 nitrogen and oxygen atoms in total. The summed E-state index contributed by atoms with van der Waals surface area (Å²) in [6.07, 6.45) is 9.10. The maximum atomic E-state index is 13.6. The molecule has 5 heterocycles. The van der Waals surface area contributed by atoms with Crippen LogP contribution in [0.1, 0.15) is 107 Å². The van der Waals surface area contributed by atoms with Gasteiger partial charge < -0.3 is 19.1 Å². The molecule has 0 aliphatic carbocycles. The summed E-state index contributed by atoms with van der Waals surface area (Å²) in [5.74, 6) is -0.697. The lowest BCUT2D eigenvalue weighted by Crippen LogP contribution is -2.44. The lowest BCUT2D eigenvalue weighted by molar-refractivity contribution is -0.172. The number of ether oxygens (including phenoxy) is 2. The Labute approximate surface area is 312 Å². The zero-order valence-electron chi connectivity index (χ0n) is 29.8. The van der Waals surface area contributed by atoms with Crippen LogP contribution in [0, 0.1) is 0 Å². The zero-order valence-corrected chi connectivity index (χ0v) is 32.9. The molecule has 2 amide bonds. The minimum atomic E-state index is -1.88. The van der Waals surface area contributed by atoms with Crippen molar-refractivity contribution in [1.82, 2.24) is 14.5 Å². The van der Waals surface area contributed by atoms with E-state index in [0.717, 1.165) is 67.9 Å². The highest BCUT2D eigenvalue weighted by Crippen LogP contribution is 2.41. The number of aromatic nitrogens is 2.